The van der Waals surface area contributed by atoms with Gasteiger partial charge in [0.25, 0.3) is 5.91 Å². The van der Waals surface area contributed by atoms with Crippen molar-refractivity contribution in [3.05, 3.63) is 65.4 Å². The summed E-state index contributed by atoms with van der Waals surface area (Å²) in [5, 5.41) is 0.945. The van der Waals surface area contributed by atoms with Crippen molar-refractivity contribution in [1.29, 1.82) is 0 Å². The molecule has 1 fully saturated rings. The SMILES string of the molecule is COc1ccc2cc(C(=O)N3CCN(Cc4ccc(C(F)(F)F)cc4)CC3)[nH]c2c1. The third-order valence-electron chi connectivity index (χ3n) is 5.41. The van der Waals surface area contributed by atoms with Crippen LogP contribution in [0.2, 0.25) is 0 Å². The van der Waals surface area contributed by atoms with Crippen LogP contribution in [0.25, 0.3) is 10.9 Å². The van der Waals surface area contributed by atoms with Crippen molar-refractivity contribution in [1.82, 2.24) is 14.8 Å². The number of hydrogen-bond acceptors (Lipinski definition) is 3. The second-order valence-electron chi connectivity index (χ2n) is 7.40. The van der Waals surface area contributed by atoms with Crippen LogP contribution in [0.5, 0.6) is 5.75 Å². The van der Waals surface area contributed by atoms with E-state index in [0.717, 1.165) is 34.3 Å². The minimum Gasteiger partial charge on any atom is -0.497 e. The van der Waals surface area contributed by atoms with E-state index in [2.05, 4.69) is 9.88 Å². The van der Waals surface area contributed by atoms with E-state index >= 15 is 0 Å². The zero-order valence-electron chi connectivity index (χ0n) is 16.5. The Hall–Kier alpha value is -3.00. The fraction of sp³-hybridized carbons (Fsp3) is 0.318. The lowest BCUT2D eigenvalue weighted by Gasteiger charge is -2.34. The van der Waals surface area contributed by atoms with Crippen molar-refractivity contribution in [2.45, 2.75) is 12.7 Å². The molecule has 5 nitrogen and oxygen atoms in total. The smallest absolute Gasteiger partial charge is 0.416 e. The second-order valence-corrected chi connectivity index (χ2v) is 7.40. The van der Waals surface area contributed by atoms with Gasteiger partial charge in [-0.05, 0) is 35.9 Å². The number of rotatable bonds is 4. The maximum absolute atomic E-state index is 12.9. The number of carbonyl (C=O) groups excluding carboxylic acids is 1. The van der Waals surface area contributed by atoms with E-state index in [1.807, 2.05) is 24.3 Å². The number of ether oxygens (including phenoxy) is 1. The fourth-order valence-corrected chi connectivity index (χ4v) is 3.69. The lowest BCUT2D eigenvalue weighted by Crippen LogP contribution is -2.48. The van der Waals surface area contributed by atoms with Crippen molar-refractivity contribution in [2.24, 2.45) is 0 Å². The topological polar surface area (TPSA) is 48.6 Å². The number of fused-ring (bicyclic) bond motifs is 1. The average Bonchev–Trinajstić information content (AvgIpc) is 3.17. The summed E-state index contributed by atoms with van der Waals surface area (Å²) in [5.74, 6) is 0.666. The standard InChI is InChI=1S/C22H22F3N3O2/c1-30-18-7-4-16-12-20(26-19(16)13-18)21(29)28-10-8-27(9-11-28)14-15-2-5-17(6-3-15)22(23,24)25/h2-7,12-13,26H,8-11,14H2,1H3. The second kappa shape index (κ2) is 8.02. The van der Waals surface area contributed by atoms with E-state index in [4.69, 9.17) is 4.74 Å². The van der Waals surface area contributed by atoms with Crippen LogP contribution >= 0.6 is 0 Å². The summed E-state index contributed by atoms with van der Waals surface area (Å²) < 4.78 is 43.3. The van der Waals surface area contributed by atoms with E-state index in [1.54, 1.807) is 12.0 Å². The summed E-state index contributed by atoms with van der Waals surface area (Å²) in [5.41, 5.74) is 1.57. The van der Waals surface area contributed by atoms with Crippen molar-refractivity contribution < 1.29 is 22.7 Å². The summed E-state index contributed by atoms with van der Waals surface area (Å²) in [6, 6.07) is 12.7. The molecule has 0 radical (unpaired) electrons. The Balaban J connectivity index is 1.35. The normalized spacial score (nSPS) is 15.5. The summed E-state index contributed by atoms with van der Waals surface area (Å²) in [7, 11) is 1.60. The molecular formula is C22H22F3N3O2. The summed E-state index contributed by atoms with van der Waals surface area (Å²) in [6.45, 7) is 3.03. The van der Waals surface area contributed by atoms with Crippen LogP contribution in [0.15, 0.2) is 48.5 Å². The number of piperazine rings is 1. The molecule has 0 bridgehead atoms. The van der Waals surface area contributed by atoms with Gasteiger partial charge >= 0.3 is 6.18 Å². The van der Waals surface area contributed by atoms with Crippen molar-refractivity contribution in [3.8, 4) is 5.75 Å². The van der Waals surface area contributed by atoms with E-state index in [-0.39, 0.29) is 5.91 Å². The molecule has 3 aromatic rings. The molecule has 0 unspecified atom stereocenters. The van der Waals surface area contributed by atoms with Crippen LogP contribution in [-0.4, -0.2) is 54.0 Å². The molecule has 0 aliphatic carbocycles. The first-order chi connectivity index (χ1) is 14.3. The van der Waals surface area contributed by atoms with Crippen molar-refractivity contribution >= 4 is 16.8 Å². The minimum atomic E-state index is -4.32. The largest absolute Gasteiger partial charge is 0.497 e. The predicted octanol–water partition coefficient (Wildman–Crippen LogP) is 4.15. The highest BCUT2D eigenvalue weighted by Crippen LogP contribution is 2.29. The van der Waals surface area contributed by atoms with Gasteiger partial charge in [-0.1, -0.05) is 12.1 Å². The molecule has 1 aliphatic rings. The van der Waals surface area contributed by atoms with Gasteiger partial charge in [-0.2, -0.15) is 13.2 Å². The van der Waals surface area contributed by atoms with Crippen LogP contribution in [0.1, 0.15) is 21.6 Å². The number of halogens is 3. The maximum Gasteiger partial charge on any atom is 0.416 e. The number of carbonyl (C=O) groups is 1. The van der Waals surface area contributed by atoms with E-state index in [1.165, 1.54) is 12.1 Å². The number of amides is 1. The maximum atomic E-state index is 12.9. The zero-order chi connectivity index (χ0) is 21.3. The van der Waals surface area contributed by atoms with Gasteiger partial charge in [0, 0.05) is 49.7 Å². The van der Waals surface area contributed by atoms with Gasteiger partial charge in [0.15, 0.2) is 0 Å². The molecule has 1 aliphatic heterocycles. The number of aromatic amines is 1. The molecule has 2 heterocycles. The zero-order valence-corrected chi connectivity index (χ0v) is 16.5. The molecule has 1 saturated heterocycles. The molecule has 30 heavy (non-hydrogen) atoms. The number of nitrogens with zero attached hydrogens (tertiary/aromatic N) is 2. The third-order valence-corrected chi connectivity index (χ3v) is 5.41. The Bertz CT molecular complexity index is 1040. The highest BCUT2D eigenvalue weighted by atomic mass is 19.4. The number of alkyl halides is 3. The van der Waals surface area contributed by atoms with Gasteiger partial charge < -0.3 is 14.6 Å². The Morgan fingerprint density at radius 1 is 1.03 bits per heavy atom. The molecule has 4 rings (SSSR count). The van der Waals surface area contributed by atoms with Gasteiger partial charge in [-0.25, -0.2) is 0 Å². The van der Waals surface area contributed by atoms with Crippen LogP contribution in [-0.2, 0) is 12.7 Å². The molecule has 0 saturated carbocycles. The van der Waals surface area contributed by atoms with E-state index < -0.39 is 11.7 Å². The first-order valence-electron chi connectivity index (χ1n) is 9.68. The first kappa shape index (κ1) is 20.3. The number of nitrogens with one attached hydrogen (secondary N) is 1. The molecule has 158 valence electrons. The molecule has 0 atom stereocenters. The lowest BCUT2D eigenvalue weighted by molar-refractivity contribution is -0.137. The highest BCUT2D eigenvalue weighted by Gasteiger charge is 2.30. The van der Waals surface area contributed by atoms with Crippen LogP contribution in [0, 0.1) is 0 Å². The highest BCUT2D eigenvalue weighted by molar-refractivity contribution is 5.98. The number of benzene rings is 2. The van der Waals surface area contributed by atoms with Gasteiger partial charge in [-0.15, -0.1) is 0 Å². The number of methoxy groups -OCH3 is 1. The molecule has 1 aromatic heterocycles. The molecule has 2 aromatic carbocycles. The number of H-pyrrole nitrogens is 1. The lowest BCUT2D eigenvalue weighted by atomic mass is 10.1. The van der Waals surface area contributed by atoms with Crippen molar-refractivity contribution in [3.63, 3.8) is 0 Å². The van der Waals surface area contributed by atoms with Crippen LogP contribution < -0.4 is 4.74 Å². The Morgan fingerprint density at radius 3 is 2.37 bits per heavy atom. The Kier molecular flexibility index (Phi) is 5.42. The quantitative estimate of drug-likeness (QED) is 0.694. The minimum absolute atomic E-state index is 0.0562. The van der Waals surface area contributed by atoms with Gasteiger partial charge in [0.1, 0.15) is 11.4 Å². The van der Waals surface area contributed by atoms with Gasteiger partial charge in [0.05, 0.1) is 12.7 Å². The number of hydrogen-bond donors (Lipinski definition) is 1. The van der Waals surface area contributed by atoms with E-state index in [9.17, 15) is 18.0 Å². The molecule has 8 heteroatoms. The Morgan fingerprint density at radius 2 is 1.73 bits per heavy atom. The molecule has 0 spiro atoms. The molecule has 1 amide bonds. The van der Waals surface area contributed by atoms with Gasteiger partial charge in [-0.3, -0.25) is 9.69 Å². The summed E-state index contributed by atoms with van der Waals surface area (Å²) >= 11 is 0. The Labute approximate surface area is 172 Å². The summed E-state index contributed by atoms with van der Waals surface area (Å²) in [4.78, 5) is 20.0. The number of aromatic nitrogens is 1. The van der Waals surface area contributed by atoms with Crippen LogP contribution in [0.3, 0.4) is 0 Å². The van der Waals surface area contributed by atoms with E-state index in [0.29, 0.717) is 38.4 Å². The monoisotopic (exact) mass is 417 g/mol. The molecular weight excluding hydrogens is 395 g/mol. The molecule has 1 N–H and O–H groups in total. The van der Waals surface area contributed by atoms with Crippen LogP contribution in [0.4, 0.5) is 13.2 Å². The first-order valence-corrected chi connectivity index (χ1v) is 9.68. The average molecular weight is 417 g/mol. The third kappa shape index (κ3) is 4.28. The van der Waals surface area contributed by atoms with Gasteiger partial charge in [0.2, 0.25) is 0 Å². The van der Waals surface area contributed by atoms with Crippen molar-refractivity contribution in [2.75, 3.05) is 33.3 Å². The summed E-state index contributed by atoms with van der Waals surface area (Å²) in [6.07, 6.45) is -4.32. The predicted molar refractivity (Wildman–Crippen MR) is 107 cm³/mol. The fourth-order valence-electron chi connectivity index (χ4n) is 3.69.